The van der Waals surface area contributed by atoms with Crippen molar-refractivity contribution in [3.8, 4) is 0 Å². The molecule has 1 saturated carbocycles. The van der Waals surface area contributed by atoms with Crippen molar-refractivity contribution in [3.05, 3.63) is 0 Å². The highest BCUT2D eigenvalue weighted by molar-refractivity contribution is 7.92. The minimum absolute atomic E-state index is 0.336. The van der Waals surface area contributed by atoms with E-state index in [-0.39, 0.29) is 0 Å². The van der Waals surface area contributed by atoms with Gasteiger partial charge >= 0.3 is 0 Å². The molecule has 0 spiro atoms. The Hall–Kier alpha value is -0.0900. The maximum Gasteiger partial charge on any atom is 0.155 e. The Bertz CT molecular complexity index is 357. The van der Waals surface area contributed by atoms with E-state index in [0.29, 0.717) is 17.7 Å². The third-order valence-electron chi connectivity index (χ3n) is 4.32. The molecule has 0 aromatic carbocycles. The molecule has 0 bridgehead atoms. The first kappa shape index (κ1) is 17.0. The van der Waals surface area contributed by atoms with Gasteiger partial charge in [-0.2, -0.15) is 0 Å². The zero-order valence-electron chi connectivity index (χ0n) is 13.0. The van der Waals surface area contributed by atoms with E-state index in [1.165, 1.54) is 32.1 Å². The van der Waals surface area contributed by atoms with Crippen molar-refractivity contribution in [2.24, 2.45) is 5.92 Å². The second-order valence-electron chi connectivity index (χ2n) is 6.78. The molecule has 3 nitrogen and oxygen atoms in total. The van der Waals surface area contributed by atoms with Crippen LogP contribution in [0.5, 0.6) is 0 Å². The lowest BCUT2D eigenvalue weighted by Crippen LogP contribution is -2.38. The number of rotatable bonds is 5. The first-order chi connectivity index (χ1) is 8.78. The van der Waals surface area contributed by atoms with Gasteiger partial charge in [0.25, 0.3) is 0 Å². The Labute approximate surface area is 119 Å². The normalized spacial score (nSPS) is 26.1. The number of nitrogens with one attached hydrogen (secondary N) is 1. The molecule has 114 valence electrons. The fraction of sp³-hybridized carbons (Fsp3) is 1.00. The summed E-state index contributed by atoms with van der Waals surface area (Å²) in [6.45, 7) is 8.52. The summed E-state index contributed by atoms with van der Waals surface area (Å²) in [6.07, 6.45) is 7.02. The van der Waals surface area contributed by atoms with Crippen LogP contribution in [0.2, 0.25) is 0 Å². The molecule has 2 unspecified atom stereocenters. The van der Waals surface area contributed by atoms with Crippen LogP contribution in [0.4, 0.5) is 0 Å². The van der Waals surface area contributed by atoms with Gasteiger partial charge in [0.05, 0.1) is 10.5 Å². The average molecular weight is 289 g/mol. The highest BCUT2D eigenvalue weighted by atomic mass is 32.2. The number of hydrogen-bond acceptors (Lipinski definition) is 3. The SMILES string of the molecule is CCNC1CCCCCC1CCS(=O)(=O)C(C)(C)C. The van der Waals surface area contributed by atoms with E-state index >= 15 is 0 Å². The lowest BCUT2D eigenvalue weighted by Gasteiger charge is -2.27. The van der Waals surface area contributed by atoms with Crippen molar-refractivity contribution in [2.45, 2.75) is 77.0 Å². The van der Waals surface area contributed by atoms with E-state index in [0.717, 1.165) is 13.0 Å². The number of hydrogen-bond donors (Lipinski definition) is 1. The van der Waals surface area contributed by atoms with E-state index in [9.17, 15) is 8.42 Å². The van der Waals surface area contributed by atoms with Crippen molar-refractivity contribution in [1.82, 2.24) is 5.32 Å². The Morgan fingerprint density at radius 1 is 1.11 bits per heavy atom. The van der Waals surface area contributed by atoms with Gasteiger partial charge in [-0.1, -0.05) is 26.2 Å². The van der Waals surface area contributed by atoms with Gasteiger partial charge in [-0.05, 0) is 52.5 Å². The van der Waals surface area contributed by atoms with Crippen molar-refractivity contribution in [2.75, 3.05) is 12.3 Å². The topological polar surface area (TPSA) is 46.2 Å². The minimum atomic E-state index is -2.98. The molecule has 0 aliphatic heterocycles. The Morgan fingerprint density at radius 2 is 1.74 bits per heavy atom. The van der Waals surface area contributed by atoms with Crippen LogP contribution < -0.4 is 5.32 Å². The van der Waals surface area contributed by atoms with Crippen molar-refractivity contribution >= 4 is 9.84 Å². The van der Waals surface area contributed by atoms with Crippen molar-refractivity contribution in [3.63, 3.8) is 0 Å². The molecule has 1 fully saturated rings. The zero-order valence-corrected chi connectivity index (χ0v) is 13.9. The van der Waals surface area contributed by atoms with Crippen LogP contribution >= 0.6 is 0 Å². The van der Waals surface area contributed by atoms with Crippen LogP contribution in [0.3, 0.4) is 0 Å². The van der Waals surface area contributed by atoms with E-state index in [1.54, 1.807) is 20.8 Å². The summed E-state index contributed by atoms with van der Waals surface area (Å²) >= 11 is 0. The molecular weight excluding hydrogens is 258 g/mol. The largest absolute Gasteiger partial charge is 0.314 e. The van der Waals surface area contributed by atoms with Crippen LogP contribution in [0.25, 0.3) is 0 Å². The van der Waals surface area contributed by atoms with Crippen LogP contribution in [0.1, 0.15) is 66.2 Å². The molecule has 0 amide bonds. The molecule has 0 aromatic rings. The summed E-state index contributed by atoms with van der Waals surface area (Å²) in [5, 5.41) is 3.55. The fourth-order valence-corrected chi connectivity index (χ4v) is 4.10. The predicted molar refractivity (Wildman–Crippen MR) is 82.2 cm³/mol. The summed E-state index contributed by atoms with van der Waals surface area (Å²) < 4.78 is 23.8. The molecule has 2 atom stereocenters. The maximum absolute atomic E-state index is 12.2. The van der Waals surface area contributed by atoms with Gasteiger partial charge in [-0.3, -0.25) is 0 Å². The summed E-state index contributed by atoms with van der Waals surface area (Å²) in [4.78, 5) is 0. The molecule has 1 N–H and O–H groups in total. The van der Waals surface area contributed by atoms with Gasteiger partial charge in [-0.15, -0.1) is 0 Å². The number of sulfone groups is 1. The van der Waals surface area contributed by atoms with E-state index in [2.05, 4.69) is 12.2 Å². The second kappa shape index (κ2) is 7.07. The minimum Gasteiger partial charge on any atom is -0.314 e. The molecule has 1 aliphatic rings. The fourth-order valence-electron chi connectivity index (χ4n) is 2.87. The Morgan fingerprint density at radius 3 is 2.32 bits per heavy atom. The zero-order chi connectivity index (χ0) is 14.5. The lowest BCUT2D eigenvalue weighted by molar-refractivity contribution is 0.330. The summed E-state index contributed by atoms with van der Waals surface area (Å²) in [5.41, 5.74) is 0. The van der Waals surface area contributed by atoms with Gasteiger partial charge in [0.2, 0.25) is 0 Å². The molecule has 19 heavy (non-hydrogen) atoms. The molecule has 0 heterocycles. The molecule has 0 radical (unpaired) electrons. The molecule has 0 saturated heterocycles. The smallest absolute Gasteiger partial charge is 0.155 e. The van der Waals surface area contributed by atoms with E-state index in [4.69, 9.17) is 0 Å². The molecular formula is C15H31NO2S. The second-order valence-corrected chi connectivity index (χ2v) is 9.64. The maximum atomic E-state index is 12.2. The molecule has 1 aliphatic carbocycles. The standard InChI is InChI=1S/C15H31NO2S/c1-5-16-14-10-8-6-7-9-13(14)11-12-19(17,18)15(2,3)4/h13-14,16H,5-12H2,1-4H3. The first-order valence-corrected chi connectivity index (χ1v) is 9.39. The van der Waals surface area contributed by atoms with Crippen LogP contribution in [-0.4, -0.2) is 31.5 Å². The van der Waals surface area contributed by atoms with Gasteiger partial charge in [-0.25, -0.2) is 8.42 Å². The quantitative estimate of drug-likeness (QED) is 0.791. The van der Waals surface area contributed by atoms with Gasteiger partial charge in [0.15, 0.2) is 9.84 Å². The van der Waals surface area contributed by atoms with Gasteiger partial charge in [0.1, 0.15) is 0 Å². The molecule has 0 aromatic heterocycles. The van der Waals surface area contributed by atoms with Crippen molar-refractivity contribution < 1.29 is 8.42 Å². The van der Waals surface area contributed by atoms with E-state index < -0.39 is 14.6 Å². The van der Waals surface area contributed by atoms with Crippen LogP contribution in [-0.2, 0) is 9.84 Å². The third-order valence-corrected chi connectivity index (χ3v) is 6.95. The summed E-state index contributed by atoms with van der Waals surface area (Å²) in [7, 11) is -2.98. The van der Waals surface area contributed by atoms with Gasteiger partial charge < -0.3 is 5.32 Å². The van der Waals surface area contributed by atoms with Crippen LogP contribution in [0.15, 0.2) is 0 Å². The van der Waals surface area contributed by atoms with Crippen LogP contribution in [0, 0.1) is 5.92 Å². The lowest BCUT2D eigenvalue weighted by atomic mass is 9.92. The monoisotopic (exact) mass is 289 g/mol. The highest BCUT2D eigenvalue weighted by Crippen LogP contribution is 2.28. The summed E-state index contributed by atoms with van der Waals surface area (Å²) in [6, 6.07) is 0.516. The first-order valence-electron chi connectivity index (χ1n) is 7.73. The van der Waals surface area contributed by atoms with Crippen molar-refractivity contribution in [1.29, 1.82) is 0 Å². The average Bonchev–Trinajstić information content (AvgIpc) is 2.51. The van der Waals surface area contributed by atoms with Gasteiger partial charge in [0, 0.05) is 6.04 Å². The molecule has 1 rings (SSSR count). The predicted octanol–water partition coefficient (Wildman–Crippen LogP) is 3.15. The van der Waals surface area contributed by atoms with E-state index in [1.807, 2.05) is 0 Å². The Balaban J connectivity index is 2.62. The summed E-state index contributed by atoms with van der Waals surface area (Å²) in [5.74, 6) is 0.864. The highest BCUT2D eigenvalue weighted by Gasteiger charge is 2.31. The third kappa shape index (κ3) is 5.07. The Kier molecular flexibility index (Phi) is 6.31. The molecule has 4 heteroatoms.